The van der Waals surface area contributed by atoms with Gasteiger partial charge in [-0.05, 0) is 12.1 Å². The first-order valence-corrected chi connectivity index (χ1v) is 4.21. The van der Waals surface area contributed by atoms with Crippen LogP contribution >= 0.6 is 0 Å². The molecule has 0 saturated carbocycles. The molecule has 2 aromatic rings. The van der Waals surface area contributed by atoms with Crippen LogP contribution in [-0.4, -0.2) is 15.1 Å². The molecule has 0 aliphatic heterocycles. The standard InChI is InChI=1S/C10H9FN2O/c11-9-4-2-1-3-8(9)10-12-5-7(6-14)13-10/h1-5,14H,6H2,(H,12,13). The van der Waals surface area contributed by atoms with Crippen molar-refractivity contribution in [1.82, 2.24) is 9.97 Å². The molecular formula is C10H9FN2O. The summed E-state index contributed by atoms with van der Waals surface area (Å²) in [6.07, 6.45) is 1.49. The summed E-state index contributed by atoms with van der Waals surface area (Å²) in [5, 5.41) is 8.80. The predicted octanol–water partition coefficient (Wildman–Crippen LogP) is 1.71. The Bertz CT molecular complexity index is 439. The van der Waals surface area contributed by atoms with Crippen LogP contribution in [0.5, 0.6) is 0 Å². The van der Waals surface area contributed by atoms with Crippen LogP contribution in [0.25, 0.3) is 11.4 Å². The second kappa shape index (κ2) is 3.59. The van der Waals surface area contributed by atoms with Crippen molar-refractivity contribution >= 4 is 0 Å². The van der Waals surface area contributed by atoms with E-state index in [2.05, 4.69) is 9.97 Å². The number of benzene rings is 1. The molecule has 0 bridgehead atoms. The minimum atomic E-state index is -0.327. The smallest absolute Gasteiger partial charge is 0.140 e. The van der Waals surface area contributed by atoms with Gasteiger partial charge in [0.15, 0.2) is 0 Å². The number of nitrogens with zero attached hydrogens (tertiary/aromatic N) is 1. The molecule has 0 aliphatic carbocycles. The van der Waals surface area contributed by atoms with E-state index in [1.54, 1.807) is 18.2 Å². The van der Waals surface area contributed by atoms with Gasteiger partial charge in [-0.25, -0.2) is 9.37 Å². The number of aliphatic hydroxyl groups excluding tert-OH is 1. The zero-order chi connectivity index (χ0) is 9.97. The number of aliphatic hydroxyl groups is 1. The first kappa shape index (κ1) is 8.90. The summed E-state index contributed by atoms with van der Waals surface area (Å²) in [7, 11) is 0. The molecule has 1 heterocycles. The second-order valence-electron chi connectivity index (χ2n) is 2.90. The molecule has 0 spiro atoms. The minimum Gasteiger partial charge on any atom is -0.390 e. The summed E-state index contributed by atoms with van der Waals surface area (Å²) in [5.74, 6) is 0.110. The molecule has 0 radical (unpaired) electrons. The lowest BCUT2D eigenvalue weighted by atomic mass is 10.2. The Labute approximate surface area is 80.2 Å². The highest BCUT2D eigenvalue weighted by atomic mass is 19.1. The van der Waals surface area contributed by atoms with Gasteiger partial charge in [0.05, 0.1) is 24.1 Å². The molecule has 2 rings (SSSR count). The lowest BCUT2D eigenvalue weighted by Crippen LogP contribution is -1.86. The van der Waals surface area contributed by atoms with Crippen LogP contribution in [0.2, 0.25) is 0 Å². The van der Waals surface area contributed by atoms with E-state index < -0.39 is 0 Å². The number of hydrogen-bond donors (Lipinski definition) is 2. The normalized spacial score (nSPS) is 10.4. The number of nitrogens with one attached hydrogen (secondary N) is 1. The topological polar surface area (TPSA) is 48.9 Å². The van der Waals surface area contributed by atoms with E-state index >= 15 is 0 Å². The van der Waals surface area contributed by atoms with Crippen molar-refractivity contribution in [2.24, 2.45) is 0 Å². The highest BCUT2D eigenvalue weighted by molar-refractivity contribution is 5.55. The quantitative estimate of drug-likeness (QED) is 0.760. The molecule has 0 atom stereocenters. The summed E-state index contributed by atoms with van der Waals surface area (Å²) in [6, 6.07) is 6.36. The van der Waals surface area contributed by atoms with Crippen LogP contribution in [0.1, 0.15) is 5.69 Å². The van der Waals surface area contributed by atoms with Crippen LogP contribution in [-0.2, 0) is 6.61 Å². The lowest BCUT2D eigenvalue weighted by Gasteiger charge is -1.97. The first-order valence-electron chi connectivity index (χ1n) is 4.21. The summed E-state index contributed by atoms with van der Waals surface area (Å²) in [6.45, 7) is -0.124. The van der Waals surface area contributed by atoms with Crippen molar-refractivity contribution < 1.29 is 9.50 Å². The fourth-order valence-corrected chi connectivity index (χ4v) is 1.23. The van der Waals surface area contributed by atoms with Crippen LogP contribution in [0.15, 0.2) is 30.5 Å². The highest BCUT2D eigenvalue weighted by Crippen LogP contribution is 2.18. The molecule has 3 nitrogen and oxygen atoms in total. The largest absolute Gasteiger partial charge is 0.390 e. The third-order valence-electron chi connectivity index (χ3n) is 1.93. The molecule has 0 fully saturated rings. The van der Waals surface area contributed by atoms with Gasteiger partial charge >= 0.3 is 0 Å². The van der Waals surface area contributed by atoms with Gasteiger partial charge < -0.3 is 10.1 Å². The van der Waals surface area contributed by atoms with Gasteiger partial charge in [0.25, 0.3) is 0 Å². The third-order valence-corrected chi connectivity index (χ3v) is 1.93. The Morgan fingerprint density at radius 1 is 1.36 bits per heavy atom. The van der Waals surface area contributed by atoms with Crippen molar-refractivity contribution in [2.45, 2.75) is 6.61 Å². The molecule has 4 heteroatoms. The van der Waals surface area contributed by atoms with E-state index in [0.29, 0.717) is 17.1 Å². The van der Waals surface area contributed by atoms with Gasteiger partial charge in [-0.2, -0.15) is 0 Å². The molecule has 0 aliphatic rings. The third kappa shape index (κ3) is 1.52. The van der Waals surface area contributed by atoms with E-state index in [1.807, 2.05) is 0 Å². The predicted molar refractivity (Wildman–Crippen MR) is 49.9 cm³/mol. The Kier molecular flexibility index (Phi) is 2.28. The SMILES string of the molecule is OCc1cnc(-c2ccccc2F)[nH]1. The zero-order valence-corrected chi connectivity index (χ0v) is 7.37. The number of imidazole rings is 1. The molecule has 2 N–H and O–H groups in total. The van der Waals surface area contributed by atoms with Crippen LogP contribution < -0.4 is 0 Å². The van der Waals surface area contributed by atoms with Crippen LogP contribution in [0.4, 0.5) is 4.39 Å². The Balaban J connectivity index is 2.44. The number of aromatic nitrogens is 2. The maximum absolute atomic E-state index is 13.3. The monoisotopic (exact) mass is 192 g/mol. The molecule has 0 saturated heterocycles. The Morgan fingerprint density at radius 2 is 2.14 bits per heavy atom. The molecule has 72 valence electrons. The van der Waals surface area contributed by atoms with Gasteiger partial charge in [0.2, 0.25) is 0 Å². The number of rotatable bonds is 2. The van der Waals surface area contributed by atoms with E-state index in [4.69, 9.17) is 5.11 Å². The van der Waals surface area contributed by atoms with Gasteiger partial charge in [-0.15, -0.1) is 0 Å². The molecule has 1 aromatic carbocycles. The molecule has 1 aromatic heterocycles. The second-order valence-corrected chi connectivity index (χ2v) is 2.90. The number of halogens is 1. The first-order chi connectivity index (χ1) is 6.81. The van der Waals surface area contributed by atoms with Crippen molar-refractivity contribution in [3.8, 4) is 11.4 Å². The minimum absolute atomic E-state index is 0.124. The van der Waals surface area contributed by atoms with E-state index in [0.717, 1.165) is 0 Å². The number of hydrogen-bond acceptors (Lipinski definition) is 2. The van der Waals surface area contributed by atoms with Crippen molar-refractivity contribution in [3.63, 3.8) is 0 Å². The van der Waals surface area contributed by atoms with Crippen LogP contribution in [0.3, 0.4) is 0 Å². The summed E-state index contributed by atoms with van der Waals surface area (Å²) < 4.78 is 13.3. The maximum atomic E-state index is 13.3. The maximum Gasteiger partial charge on any atom is 0.140 e. The molecule has 14 heavy (non-hydrogen) atoms. The van der Waals surface area contributed by atoms with Gasteiger partial charge in [-0.1, -0.05) is 12.1 Å². The van der Waals surface area contributed by atoms with E-state index in [-0.39, 0.29) is 12.4 Å². The average molecular weight is 192 g/mol. The van der Waals surface area contributed by atoms with Gasteiger partial charge in [0.1, 0.15) is 11.6 Å². The zero-order valence-electron chi connectivity index (χ0n) is 7.37. The van der Waals surface area contributed by atoms with E-state index in [1.165, 1.54) is 12.3 Å². The number of H-pyrrole nitrogens is 1. The summed E-state index contributed by atoms with van der Waals surface area (Å²) in [4.78, 5) is 6.78. The van der Waals surface area contributed by atoms with Crippen molar-refractivity contribution in [1.29, 1.82) is 0 Å². The molecular weight excluding hydrogens is 183 g/mol. The van der Waals surface area contributed by atoms with E-state index in [9.17, 15) is 4.39 Å². The Morgan fingerprint density at radius 3 is 2.79 bits per heavy atom. The molecule has 0 unspecified atom stereocenters. The van der Waals surface area contributed by atoms with Crippen LogP contribution in [0, 0.1) is 5.82 Å². The lowest BCUT2D eigenvalue weighted by molar-refractivity contribution is 0.277. The summed E-state index contributed by atoms with van der Waals surface area (Å²) >= 11 is 0. The fourth-order valence-electron chi connectivity index (χ4n) is 1.23. The Hall–Kier alpha value is -1.68. The van der Waals surface area contributed by atoms with Crippen molar-refractivity contribution in [3.05, 3.63) is 42.0 Å². The summed E-state index contributed by atoms with van der Waals surface area (Å²) in [5.41, 5.74) is 0.982. The van der Waals surface area contributed by atoms with Gasteiger partial charge in [0, 0.05) is 0 Å². The molecule has 0 amide bonds. The van der Waals surface area contributed by atoms with Gasteiger partial charge in [-0.3, -0.25) is 0 Å². The van der Waals surface area contributed by atoms with Crippen molar-refractivity contribution in [2.75, 3.05) is 0 Å². The fraction of sp³-hybridized carbons (Fsp3) is 0.100. The number of aromatic amines is 1. The average Bonchev–Trinajstić information content (AvgIpc) is 2.67. The highest BCUT2D eigenvalue weighted by Gasteiger charge is 2.06.